The third kappa shape index (κ3) is 7.74. The highest BCUT2D eigenvalue weighted by Gasteiger charge is 2.02. The van der Waals surface area contributed by atoms with E-state index in [1.54, 1.807) is 7.11 Å². The molecule has 25 heavy (non-hydrogen) atoms. The summed E-state index contributed by atoms with van der Waals surface area (Å²) in [6, 6.07) is 18.1. The number of nitrogens with zero attached hydrogens (tertiary/aromatic N) is 2. The van der Waals surface area contributed by atoms with Crippen molar-refractivity contribution in [1.29, 1.82) is 0 Å². The summed E-state index contributed by atoms with van der Waals surface area (Å²) < 4.78 is 5.28. The second-order valence-corrected chi connectivity index (χ2v) is 5.67. The van der Waals surface area contributed by atoms with Gasteiger partial charge >= 0.3 is 0 Å². The van der Waals surface area contributed by atoms with Crippen molar-refractivity contribution >= 4 is 35.6 Å². The summed E-state index contributed by atoms with van der Waals surface area (Å²) in [5.41, 5.74) is 8.08. The zero-order chi connectivity index (χ0) is 17.2. The van der Waals surface area contributed by atoms with Crippen LogP contribution in [-0.4, -0.2) is 38.1 Å². The summed E-state index contributed by atoms with van der Waals surface area (Å²) in [4.78, 5) is 6.66. The molecule has 3 N–H and O–H groups in total. The van der Waals surface area contributed by atoms with E-state index in [4.69, 9.17) is 10.5 Å². The monoisotopic (exact) mass is 454 g/mol. The molecule has 2 rings (SSSR count). The topological polar surface area (TPSA) is 62.9 Å². The minimum absolute atomic E-state index is 0. The number of methoxy groups -OCH3 is 1. The van der Waals surface area contributed by atoms with E-state index in [1.165, 1.54) is 5.56 Å². The number of ether oxygens (including phenoxy) is 1. The number of nitrogens with one attached hydrogen (secondary N) is 1. The van der Waals surface area contributed by atoms with Crippen LogP contribution in [0, 0.1) is 0 Å². The van der Waals surface area contributed by atoms with E-state index in [2.05, 4.69) is 46.5 Å². The van der Waals surface area contributed by atoms with Crippen LogP contribution in [0.4, 0.5) is 5.69 Å². The highest BCUT2D eigenvalue weighted by molar-refractivity contribution is 14.0. The van der Waals surface area contributed by atoms with Crippen LogP contribution in [0.5, 0.6) is 5.75 Å². The molecule has 0 aliphatic carbocycles. The van der Waals surface area contributed by atoms with Crippen LogP contribution in [0.25, 0.3) is 0 Å². The lowest BCUT2D eigenvalue weighted by Crippen LogP contribution is -2.24. The predicted octanol–water partition coefficient (Wildman–Crippen LogP) is 3.56. The maximum Gasteiger partial charge on any atom is 0.193 e. The van der Waals surface area contributed by atoms with Gasteiger partial charge in [0.1, 0.15) is 5.75 Å². The lowest BCUT2D eigenvalue weighted by atomic mass is 10.2. The predicted molar refractivity (Wildman–Crippen MR) is 116 cm³/mol. The molecule has 2 aromatic carbocycles. The number of hydrogen-bond donors (Lipinski definition) is 2. The molecule has 0 saturated carbocycles. The second kappa shape index (κ2) is 11.7. The molecule has 0 fully saturated rings. The standard InChI is InChI=1S/C19H26N4O.HI/c1-23(15-16-9-4-3-5-10-16)14-8-13-21-19(20)22-17-11-6-7-12-18(17)24-2;/h3-7,9-12H,8,13-15H2,1-2H3,(H3,20,21,22);1H. The summed E-state index contributed by atoms with van der Waals surface area (Å²) in [6.07, 6.45) is 0.956. The summed E-state index contributed by atoms with van der Waals surface area (Å²) in [5, 5.41) is 3.08. The van der Waals surface area contributed by atoms with Gasteiger partial charge in [-0.1, -0.05) is 42.5 Å². The van der Waals surface area contributed by atoms with Crippen LogP contribution in [0.15, 0.2) is 59.6 Å². The third-order valence-corrected chi connectivity index (χ3v) is 3.65. The van der Waals surface area contributed by atoms with E-state index in [0.717, 1.165) is 30.9 Å². The first-order chi connectivity index (χ1) is 11.7. The Hall–Kier alpha value is -1.80. The van der Waals surface area contributed by atoms with Gasteiger partial charge < -0.3 is 20.7 Å². The summed E-state index contributed by atoms with van der Waals surface area (Å²) in [7, 11) is 3.75. The Morgan fingerprint density at radius 3 is 2.52 bits per heavy atom. The molecular formula is C19H27IN4O. The molecule has 0 amide bonds. The highest BCUT2D eigenvalue weighted by Crippen LogP contribution is 2.22. The van der Waals surface area contributed by atoms with Gasteiger partial charge in [0.25, 0.3) is 0 Å². The number of aliphatic imine (C=N–C) groups is 1. The SMILES string of the molecule is COc1ccccc1NC(N)=NCCCN(C)Cc1ccccc1.I. The van der Waals surface area contributed by atoms with E-state index in [1.807, 2.05) is 30.3 Å². The van der Waals surface area contributed by atoms with Crippen LogP contribution < -0.4 is 15.8 Å². The zero-order valence-electron chi connectivity index (χ0n) is 14.8. The molecule has 0 aromatic heterocycles. The van der Waals surface area contributed by atoms with E-state index < -0.39 is 0 Å². The normalized spacial score (nSPS) is 11.1. The lowest BCUT2D eigenvalue weighted by molar-refractivity contribution is 0.324. The van der Waals surface area contributed by atoms with Crippen molar-refractivity contribution in [2.75, 3.05) is 32.6 Å². The van der Waals surface area contributed by atoms with E-state index >= 15 is 0 Å². The first-order valence-electron chi connectivity index (χ1n) is 8.11. The number of para-hydroxylation sites is 2. The molecule has 6 heteroatoms. The average molecular weight is 454 g/mol. The number of benzene rings is 2. The molecule has 136 valence electrons. The molecule has 0 aliphatic rings. The largest absolute Gasteiger partial charge is 0.495 e. The maximum atomic E-state index is 5.94. The van der Waals surface area contributed by atoms with Gasteiger partial charge in [0.2, 0.25) is 0 Å². The minimum atomic E-state index is 0. The molecule has 0 spiro atoms. The quantitative estimate of drug-likeness (QED) is 0.277. The zero-order valence-corrected chi connectivity index (χ0v) is 17.1. The molecule has 5 nitrogen and oxygen atoms in total. The van der Waals surface area contributed by atoms with Crippen LogP contribution >= 0.6 is 24.0 Å². The fourth-order valence-electron chi connectivity index (χ4n) is 2.44. The third-order valence-electron chi connectivity index (χ3n) is 3.65. The molecule has 2 aromatic rings. The second-order valence-electron chi connectivity index (χ2n) is 5.67. The van der Waals surface area contributed by atoms with Crippen molar-refractivity contribution in [3.05, 3.63) is 60.2 Å². The highest BCUT2D eigenvalue weighted by atomic mass is 127. The van der Waals surface area contributed by atoms with Crippen molar-refractivity contribution in [2.24, 2.45) is 10.7 Å². The number of rotatable bonds is 8. The van der Waals surface area contributed by atoms with Crippen molar-refractivity contribution in [3.63, 3.8) is 0 Å². The number of anilines is 1. The number of halogens is 1. The molecule has 0 atom stereocenters. The van der Waals surface area contributed by atoms with E-state index in [-0.39, 0.29) is 24.0 Å². The number of guanidine groups is 1. The minimum Gasteiger partial charge on any atom is -0.495 e. The Morgan fingerprint density at radius 2 is 1.80 bits per heavy atom. The summed E-state index contributed by atoms with van der Waals surface area (Å²) >= 11 is 0. The maximum absolute atomic E-state index is 5.94. The van der Waals surface area contributed by atoms with Gasteiger partial charge in [-0.2, -0.15) is 0 Å². The smallest absolute Gasteiger partial charge is 0.193 e. The van der Waals surface area contributed by atoms with Gasteiger partial charge in [0.15, 0.2) is 5.96 Å². The summed E-state index contributed by atoms with van der Waals surface area (Å²) in [5.74, 6) is 1.16. The summed E-state index contributed by atoms with van der Waals surface area (Å²) in [6.45, 7) is 2.60. The fraction of sp³-hybridized carbons (Fsp3) is 0.316. The van der Waals surface area contributed by atoms with E-state index in [0.29, 0.717) is 12.5 Å². The Bertz CT molecular complexity index is 649. The van der Waals surface area contributed by atoms with Gasteiger partial charge in [0.05, 0.1) is 12.8 Å². The lowest BCUT2D eigenvalue weighted by Gasteiger charge is -2.16. The van der Waals surface area contributed by atoms with Crippen molar-refractivity contribution < 1.29 is 4.74 Å². The van der Waals surface area contributed by atoms with Gasteiger partial charge in [-0.15, -0.1) is 24.0 Å². The molecule has 0 bridgehead atoms. The van der Waals surface area contributed by atoms with Crippen LogP contribution in [-0.2, 0) is 6.54 Å². The molecule has 0 unspecified atom stereocenters. The molecule has 0 saturated heterocycles. The fourth-order valence-corrected chi connectivity index (χ4v) is 2.44. The molecule has 0 aliphatic heterocycles. The number of hydrogen-bond acceptors (Lipinski definition) is 3. The van der Waals surface area contributed by atoms with Gasteiger partial charge in [-0.05, 0) is 37.7 Å². The van der Waals surface area contributed by atoms with Gasteiger partial charge in [-0.3, -0.25) is 4.99 Å². The average Bonchev–Trinajstić information content (AvgIpc) is 2.60. The van der Waals surface area contributed by atoms with Crippen LogP contribution in [0.1, 0.15) is 12.0 Å². The molecule has 0 radical (unpaired) electrons. The molecule has 0 heterocycles. The Labute approximate surface area is 167 Å². The van der Waals surface area contributed by atoms with Gasteiger partial charge in [0, 0.05) is 13.1 Å². The van der Waals surface area contributed by atoms with Crippen molar-refractivity contribution in [3.8, 4) is 5.75 Å². The van der Waals surface area contributed by atoms with Crippen molar-refractivity contribution in [1.82, 2.24) is 4.90 Å². The molecular weight excluding hydrogens is 427 g/mol. The first-order valence-corrected chi connectivity index (χ1v) is 8.11. The van der Waals surface area contributed by atoms with Crippen molar-refractivity contribution in [2.45, 2.75) is 13.0 Å². The number of nitrogens with two attached hydrogens (primary N) is 1. The Balaban J connectivity index is 0.00000312. The Kier molecular flexibility index (Phi) is 9.94. The van der Waals surface area contributed by atoms with Crippen LogP contribution in [0.3, 0.4) is 0 Å². The van der Waals surface area contributed by atoms with E-state index in [9.17, 15) is 0 Å². The Morgan fingerprint density at radius 1 is 1.12 bits per heavy atom. The van der Waals surface area contributed by atoms with Crippen LogP contribution in [0.2, 0.25) is 0 Å². The van der Waals surface area contributed by atoms with Gasteiger partial charge in [-0.25, -0.2) is 0 Å². The first kappa shape index (κ1) is 21.2.